The first-order valence-electron chi connectivity index (χ1n) is 21.8. The van der Waals surface area contributed by atoms with Gasteiger partial charge in [0, 0.05) is 17.9 Å². The van der Waals surface area contributed by atoms with Crippen LogP contribution in [0.25, 0.3) is 0 Å². The fraction of sp³-hybridized carbons (Fsp3) is 0.723. The standard InChI is InChI=1S/C47H78O9Si2/c1-17-39-23-38(24-44(49)51-16)28-47(53-39)29-42(48)46(14,15)43(54-47)26-40(55-57(31(2)3,32(4)5)33(6)7)25-41(56-58(34(8)9,35(10)11)36(12)13)27-45(50)52-30-37-21-19-18-20-22-37/h17-22,24,31-36,39-41,43H,1,23,25-30H2,2-16H3/b38-24+/t39-,40+,41+,43-,47+/m0/s1. The van der Waals surface area contributed by atoms with Gasteiger partial charge in [0.1, 0.15) is 12.4 Å². The lowest BCUT2D eigenvalue weighted by molar-refractivity contribution is -0.309. The third kappa shape index (κ3) is 11.7. The maximum Gasteiger partial charge on any atom is 0.330 e. The van der Waals surface area contributed by atoms with Crippen molar-refractivity contribution in [1.82, 2.24) is 0 Å². The molecule has 0 N–H and O–H groups in total. The molecule has 2 aliphatic heterocycles. The van der Waals surface area contributed by atoms with Gasteiger partial charge in [0.2, 0.25) is 16.6 Å². The van der Waals surface area contributed by atoms with Gasteiger partial charge in [-0.05, 0) is 58.1 Å². The predicted molar refractivity (Wildman–Crippen MR) is 237 cm³/mol. The lowest BCUT2D eigenvalue weighted by atomic mass is 9.73. The molecule has 2 fully saturated rings. The van der Waals surface area contributed by atoms with Crippen molar-refractivity contribution in [3.05, 3.63) is 60.2 Å². The van der Waals surface area contributed by atoms with Crippen molar-refractivity contribution in [3.8, 4) is 0 Å². The van der Waals surface area contributed by atoms with Crippen molar-refractivity contribution in [2.45, 2.75) is 206 Å². The Morgan fingerprint density at radius 1 is 0.810 bits per heavy atom. The predicted octanol–water partition coefficient (Wildman–Crippen LogP) is 11.6. The van der Waals surface area contributed by atoms with Crippen LogP contribution in [-0.2, 0) is 48.8 Å². The Hall–Kier alpha value is -2.42. The van der Waals surface area contributed by atoms with Crippen LogP contribution in [-0.4, -0.2) is 71.7 Å². The topological polar surface area (TPSA) is 107 Å². The molecule has 9 nitrogen and oxygen atoms in total. The highest BCUT2D eigenvalue weighted by Gasteiger charge is 2.56. The summed E-state index contributed by atoms with van der Waals surface area (Å²) in [7, 11) is -3.69. The molecule has 58 heavy (non-hydrogen) atoms. The average molecular weight is 843 g/mol. The molecule has 2 aliphatic rings. The van der Waals surface area contributed by atoms with E-state index in [-0.39, 0.29) is 70.9 Å². The van der Waals surface area contributed by atoms with Gasteiger partial charge in [-0.1, -0.05) is 139 Å². The van der Waals surface area contributed by atoms with Crippen LogP contribution in [0.3, 0.4) is 0 Å². The molecule has 0 saturated carbocycles. The van der Waals surface area contributed by atoms with Crippen molar-refractivity contribution >= 4 is 34.4 Å². The highest BCUT2D eigenvalue weighted by molar-refractivity contribution is 6.78. The maximum atomic E-state index is 14.3. The summed E-state index contributed by atoms with van der Waals surface area (Å²) >= 11 is 0. The van der Waals surface area contributed by atoms with Gasteiger partial charge in [-0.15, -0.1) is 6.58 Å². The third-order valence-electron chi connectivity index (χ3n) is 13.2. The van der Waals surface area contributed by atoms with E-state index in [1.165, 1.54) is 13.2 Å². The Morgan fingerprint density at radius 3 is 1.81 bits per heavy atom. The molecule has 2 saturated heterocycles. The molecule has 0 amide bonds. The fourth-order valence-corrected chi connectivity index (χ4v) is 21.6. The largest absolute Gasteiger partial charge is 0.466 e. The van der Waals surface area contributed by atoms with E-state index in [2.05, 4.69) is 89.7 Å². The summed E-state index contributed by atoms with van der Waals surface area (Å²) in [4.78, 5) is 40.6. The summed E-state index contributed by atoms with van der Waals surface area (Å²) in [6.07, 6.45) is 2.86. The van der Waals surface area contributed by atoms with Gasteiger partial charge in [-0.3, -0.25) is 9.59 Å². The summed E-state index contributed by atoms with van der Waals surface area (Å²) in [5.74, 6) is -2.04. The molecule has 0 radical (unpaired) electrons. The fourth-order valence-electron chi connectivity index (χ4n) is 10.4. The van der Waals surface area contributed by atoms with E-state index in [0.717, 1.165) is 11.1 Å². The minimum atomic E-state index is -2.53. The van der Waals surface area contributed by atoms with E-state index >= 15 is 0 Å². The molecule has 328 valence electrons. The summed E-state index contributed by atoms with van der Waals surface area (Å²) in [5.41, 5.74) is 2.56. The van der Waals surface area contributed by atoms with Crippen molar-refractivity contribution in [2.24, 2.45) is 5.41 Å². The van der Waals surface area contributed by atoms with E-state index in [1.807, 2.05) is 44.2 Å². The molecule has 1 spiro atoms. The minimum Gasteiger partial charge on any atom is -0.466 e. The van der Waals surface area contributed by atoms with Crippen LogP contribution in [0.1, 0.15) is 141 Å². The van der Waals surface area contributed by atoms with Gasteiger partial charge in [-0.2, -0.15) is 0 Å². The second-order valence-electron chi connectivity index (χ2n) is 19.4. The number of carbonyl (C=O) groups is 3. The van der Waals surface area contributed by atoms with E-state index in [0.29, 0.717) is 19.3 Å². The van der Waals surface area contributed by atoms with E-state index in [9.17, 15) is 14.4 Å². The van der Waals surface area contributed by atoms with Crippen LogP contribution in [0.4, 0.5) is 0 Å². The number of rotatable bonds is 20. The Bertz CT molecular complexity index is 1510. The molecule has 0 aromatic heterocycles. The monoisotopic (exact) mass is 843 g/mol. The van der Waals surface area contributed by atoms with Crippen molar-refractivity contribution < 1.29 is 42.2 Å². The van der Waals surface area contributed by atoms with E-state index in [4.69, 9.17) is 27.8 Å². The van der Waals surface area contributed by atoms with E-state index < -0.39 is 58.2 Å². The Morgan fingerprint density at radius 2 is 1.33 bits per heavy atom. The minimum absolute atomic E-state index is 0.0212. The Labute approximate surface area is 353 Å². The number of Topliss-reactive ketones (excluding diaryl/α,β-unsaturated/α-hetero) is 1. The van der Waals surface area contributed by atoms with Gasteiger partial charge >= 0.3 is 11.9 Å². The van der Waals surface area contributed by atoms with Gasteiger partial charge < -0.3 is 27.8 Å². The molecular weight excluding hydrogens is 765 g/mol. The van der Waals surface area contributed by atoms with Crippen molar-refractivity contribution in [3.63, 3.8) is 0 Å². The summed E-state index contributed by atoms with van der Waals surface area (Å²) < 4.78 is 39.8. The first-order chi connectivity index (χ1) is 27.0. The van der Waals surface area contributed by atoms with Crippen molar-refractivity contribution in [1.29, 1.82) is 0 Å². The second kappa shape index (κ2) is 20.9. The van der Waals surface area contributed by atoms with E-state index in [1.54, 1.807) is 6.08 Å². The lowest BCUT2D eigenvalue weighted by Gasteiger charge is -2.52. The summed E-state index contributed by atoms with van der Waals surface area (Å²) in [6.45, 7) is 35.2. The molecule has 2 heterocycles. The molecule has 1 aromatic carbocycles. The first kappa shape index (κ1) is 49.9. The summed E-state index contributed by atoms with van der Waals surface area (Å²) in [5, 5.41) is 0. The van der Waals surface area contributed by atoms with Crippen LogP contribution in [0.5, 0.6) is 0 Å². The molecular formula is C47H78O9Si2. The SMILES string of the molecule is C=C[C@H]1C/C(=C\C(=O)OC)C[C@@]2(CC(=O)C(C)(C)[C@H](C[C@@H](C[C@H](CC(=O)OCc3ccccc3)O[Si](C(C)C)(C(C)C)C(C)C)O[Si](C(C)C)(C(C)C)C(C)C)O2)O1. The van der Waals surface area contributed by atoms with Crippen molar-refractivity contribution in [2.75, 3.05) is 7.11 Å². The number of ketones is 1. The maximum absolute atomic E-state index is 14.3. The molecule has 0 bridgehead atoms. The molecule has 5 atom stereocenters. The zero-order chi connectivity index (χ0) is 43.8. The van der Waals surface area contributed by atoms with Crippen LogP contribution < -0.4 is 0 Å². The summed E-state index contributed by atoms with van der Waals surface area (Å²) in [6, 6.07) is 9.73. The quantitative estimate of drug-likeness (QED) is 0.0549. The number of benzene rings is 1. The number of methoxy groups -OCH3 is 1. The molecule has 0 aliphatic carbocycles. The highest BCUT2D eigenvalue weighted by atomic mass is 28.4. The van der Waals surface area contributed by atoms with Gasteiger partial charge in [0.15, 0.2) is 5.79 Å². The number of ether oxygens (including phenoxy) is 4. The highest BCUT2D eigenvalue weighted by Crippen LogP contribution is 2.50. The molecule has 3 rings (SSSR count). The number of carbonyl (C=O) groups excluding carboxylic acids is 3. The van der Waals surface area contributed by atoms with Gasteiger partial charge in [-0.25, -0.2) is 4.79 Å². The second-order valence-corrected chi connectivity index (χ2v) is 30.2. The zero-order valence-electron chi connectivity index (χ0n) is 38.6. The van der Waals surface area contributed by atoms with Crippen LogP contribution in [0.2, 0.25) is 33.2 Å². The Kier molecular flexibility index (Phi) is 18.0. The van der Waals surface area contributed by atoms with Crippen LogP contribution in [0, 0.1) is 5.41 Å². The molecule has 1 aromatic rings. The lowest BCUT2D eigenvalue weighted by Crippen LogP contribution is -2.59. The average Bonchev–Trinajstić information content (AvgIpc) is 3.13. The number of hydrogen-bond acceptors (Lipinski definition) is 9. The smallest absolute Gasteiger partial charge is 0.330 e. The molecule has 11 heteroatoms. The first-order valence-corrected chi connectivity index (χ1v) is 26.1. The normalized spacial score (nSPS) is 23.4. The zero-order valence-corrected chi connectivity index (χ0v) is 40.6. The van der Waals surface area contributed by atoms with Gasteiger partial charge in [0.25, 0.3) is 0 Å². The number of esters is 2. The number of hydrogen-bond donors (Lipinski definition) is 0. The molecule has 0 unspecified atom stereocenters. The van der Waals surface area contributed by atoms with Crippen LogP contribution >= 0.6 is 0 Å². The van der Waals surface area contributed by atoms with Crippen LogP contribution in [0.15, 0.2) is 54.6 Å². The van der Waals surface area contributed by atoms with Gasteiger partial charge in [0.05, 0.1) is 44.4 Å². The Balaban J connectivity index is 2.17. The third-order valence-corrected chi connectivity index (χ3v) is 25.5.